The minimum atomic E-state index is -0.538. The van der Waals surface area contributed by atoms with Gasteiger partial charge in [-0.15, -0.1) is 0 Å². The number of dihydropyridines is 1. The van der Waals surface area contributed by atoms with Crippen LogP contribution in [0.4, 0.5) is 0 Å². The second kappa shape index (κ2) is 4.50. The molecule has 0 aromatic carbocycles. The molecule has 0 saturated carbocycles. The molecule has 74 valence electrons. The van der Waals surface area contributed by atoms with E-state index in [2.05, 4.69) is 4.99 Å². The van der Waals surface area contributed by atoms with E-state index in [1.165, 1.54) is 0 Å². The van der Waals surface area contributed by atoms with E-state index in [0.717, 1.165) is 0 Å². The summed E-state index contributed by atoms with van der Waals surface area (Å²) in [6, 6.07) is 0. The lowest BCUT2D eigenvalue weighted by Gasteiger charge is -2.31. The van der Waals surface area contributed by atoms with Crippen LogP contribution in [-0.2, 0) is 4.74 Å². The van der Waals surface area contributed by atoms with E-state index in [1.54, 1.807) is 6.21 Å². The topological polar surface area (TPSA) is 73.6 Å². The number of hydrogen-bond donors (Lipinski definition) is 2. The highest BCUT2D eigenvalue weighted by atomic mass is 16.5. The minimum absolute atomic E-state index is 0.349. The lowest BCUT2D eigenvalue weighted by atomic mass is 9.91. The van der Waals surface area contributed by atoms with Crippen LogP contribution < -0.4 is 11.5 Å². The lowest BCUT2D eigenvalue weighted by molar-refractivity contribution is 0.128. The number of nitrogens with two attached hydrogens (primary N) is 2. The van der Waals surface area contributed by atoms with E-state index in [-0.39, 0.29) is 6.17 Å². The maximum Gasteiger partial charge on any atom is 0.119 e. The Kier molecular flexibility index (Phi) is 3.59. The van der Waals surface area contributed by atoms with Crippen molar-refractivity contribution in [3.8, 4) is 0 Å². The first-order valence-corrected chi connectivity index (χ1v) is 4.52. The van der Waals surface area contributed by atoms with Crippen molar-refractivity contribution in [2.24, 2.45) is 16.5 Å². The van der Waals surface area contributed by atoms with Crippen molar-refractivity contribution >= 4 is 6.21 Å². The van der Waals surface area contributed by atoms with Gasteiger partial charge in [-0.3, -0.25) is 4.99 Å². The molecule has 2 unspecified atom stereocenters. The zero-order valence-corrected chi connectivity index (χ0v) is 7.94. The van der Waals surface area contributed by atoms with Gasteiger partial charge in [-0.2, -0.15) is 0 Å². The zero-order valence-electron chi connectivity index (χ0n) is 7.94. The molecule has 0 aliphatic carbocycles. The van der Waals surface area contributed by atoms with Gasteiger partial charge in [0.25, 0.3) is 0 Å². The normalized spacial score (nSPS) is 32.4. The Labute approximate surface area is 78.7 Å². The third-order valence-corrected chi connectivity index (χ3v) is 2.17. The van der Waals surface area contributed by atoms with Crippen LogP contribution in [0, 0.1) is 0 Å². The van der Waals surface area contributed by atoms with Gasteiger partial charge >= 0.3 is 0 Å². The van der Waals surface area contributed by atoms with Crippen molar-refractivity contribution in [1.82, 2.24) is 0 Å². The highest BCUT2D eigenvalue weighted by molar-refractivity contribution is 5.73. The van der Waals surface area contributed by atoms with Crippen LogP contribution in [0.5, 0.6) is 0 Å². The Morgan fingerprint density at radius 3 is 3.00 bits per heavy atom. The summed E-state index contributed by atoms with van der Waals surface area (Å²) in [4.78, 5) is 4.05. The summed E-state index contributed by atoms with van der Waals surface area (Å²) in [5, 5.41) is 0. The molecule has 13 heavy (non-hydrogen) atoms. The highest BCUT2D eigenvalue weighted by Gasteiger charge is 2.30. The molecule has 1 aliphatic rings. The highest BCUT2D eigenvalue weighted by Crippen LogP contribution is 2.16. The van der Waals surface area contributed by atoms with Gasteiger partial charge in [-0.25, -0.2) is 0 Å². The van der Waals surface area contributed by atoms with Crippen LogP contribution in [0.1, 0.15) is 13.3 Å². The van der Waals surface area contributed by atoms with Crippen molar-refractivity contribution in [3.63, 3.8) is 0 Å². The van der Waals surface area contributed by atoms with Crippen LogP contribution in [0.25, 0.3) is 0 Å². The number of allylic oxidation sites excluding steroid dienone is 1. The van der Waals surface area contributed by atoms with Crippen molar-refractivity contribution in [2.75, 3.05) is 13.2 Å². The van der Waals surface area contributed by atoms with Crippen LogP contribution >= 0.6 is 0 Å². The van der Waals surface area contributed by atoms with E-state index in [9.17, 15) is 0 Å². The third kappa shape index (κ3) is 2.62. The fraction of sp³-hybridized carbons (Fsp3) is 0.667. The van der Waals surface area contributed by atoms with E-state index in [0.29, 0.717) is 19.6 Å². The first-order chi connectivity index (χ1) is 6.19. The summed E-state index contributed by atoms with van der Waals surface area (Å²) in [6.07, 6.45) is 5.75. The lowest BCUT2D eigenvalue weighted by Crippen LogP contribution is -2.54. The van der Waals surface area contributed by atoms with Crippen molar-refractivity contribution < 1.29 is 4.74 Å². The number of nitrogens with zero attached hydrogens (tertiary/aromatic N) is 1. The molecule has 0 amide bonds. The number of ether oxygens (including phenoxy) is 1. The third-order valence-electron chi connectivity index (χ3n) is 2.17. The molecule has 1 heterocycles. The van der Waals surface area contributed by atoms with Crippen molar-refractivity contribution in [3.05, 3.63) is 12.2 Å². The number of aliphatic imine (C=N–C) groups is 1. The molecule has 4 nitrogen and oxygen atoms in total. The number of hydrogen-bond acceptors (Lipinski definition) is 4. The standard InChI is InChI=1S/C9H17N3O/c1-2-13-7-5-9(11)4-3-6-12-8(9)10/h3-4,6,8H,2,5,7,10-11H2,1H3. The molecule has 1 aliphatic heterocycles. The van der Waals surface area contributed by atoms with E-state index in [1.807, 2.05) is 19.1 Å². The Bertz CT molecular complexity index is 215. The zero-order chi connectivity index (χ0) is 9.73. The summed E-state index contributed by atoms with van der Waals surface area (Å²) in [7, 11) is 0. The maximum atomic E-state index is 6.04. The van der Waals surface area contributed by atoms with E-state index < -0.39 is 5.54 Å². The molecule has 1 rings (SSSR count). The molecule has 2 atom stereocenters. The van der Waals surface area contributed by atoms with Crippen molar-refractivity contribution in [1.29, 1.82) is 0 Å². The molecule has 0 radical (unpaired) electrons. The van der Waals surface area contributed by atoms with Gasteiger partial charge in [0.05, 0.1) is 5.54 Å². The monoisotopic (exact) mass is 183 g/mol. The Morgan fingerprint density at radius 1 is 1.62 bits per heavy atom. The largest absolute Gasteiger partial charge is 0.382 e. The Hall–Kier alpha value is -0.710. The molecule has 0 bridgehead atoms. The molecule has 0 aromatic rings. The van der Waals surface area contributed by atoms with Gasteiger partial charge < -0.3 is 16.2 Å². The van der Waals surface area contributed by atoms with Gasteiger partial charge in [-0.05, 0) is 19.4 Å². The molecule has 0 spiro atoms. The van der Waals surface area contributed by atoms with Gasteiger partial charge in [0, 0.05) is 19.4 Å². The van der Waals surface area contributed by atoms with Crippen LogP contribution in [0.3, 0.4) is 0 Å². The molecular formula is C9H17N3O. The predicted octanol–water partition coefficient (Wildman–Crippen LogP) is 0.0359. The quantitative estimate of drug-likeness (QED) is 0.604. The van der Waals surface area contributed by atoms with Gasteiger partial charge in [-0.1, -0.05) is 6.08 Å². The smallest absolute Gasteiger partial charge is 0.119 e. The van der Waals surface area contributed by atoms with E-state index >= 15 is 0 Å². The Balaban J connectivity index is 2.45. The fourth-order valence-electron chi connectivity index (χ4n) is 1.23. The van der Waals surface area contributed by atoms with Crippen LogP contribution in [-0.4, -0.2) is 31.1 Å². The van der Waals surface area contributed by atoms with Gasteiger partial charge in [0.1, 0.15) is 6.17 Å². The van der Waals surface area contributed by atoms with Crippen LogP contribution in [0.2, 0.25) is 0 Å². The predicted molar refractivity (Wildman–Crippen MR) is 53.6 cm³/mol. The first kappa shape index (κ1) is 10.4. The second-order valence-corrected chi connectivity index (χ2v) is 3.16. The van der Waals surface area contributed by atoms with Crippen molar-refractivity contribution in [2.45, 2.75) is 25.0 Å². The number of rotatable bonds is 4. The fourth-order valence-corrected chi connectivity index (χ4v) is 1.23. The summed E-state index contributed by atoms with van der Waals surface area (Å²) < 4.78 is 5.23. The maximum absolute atomic E-state index is 6.04. The Morgan fingerprint density at radius 2 is 2.38 bits per heavy atom. The summed E-state index contributed by atoms with van der Waals surface area (Å²) in [5.74, 6) is 0. The molecule has 4 heteroatoms. The average Bonchev–Trinajstić information content (AvgIpc) is 2.11. The first-order valence-electron chi connectivity index (χ1n) is 4.52. The average molecular weight is 183 g/mol. The molecule has 0 aromatic heterocycles. The van der Waals surface area contributed by atoms with Gasteiger partial charge in [0.15, 0.2) is 0 Å². The van der Waals surface area contributed by atoms with Crippen LogP contribution in [0.15, 0.2) is 17.1 Å². The molecule has 0 saturated heterocycles. The molecular weight excluding hydrogens is 166 g/mol. The van der Waals surface area contributed by atoms with Gasteiger partial charge in [0.2, 0.25) is 0 Å². The molecule has 0 fully saturated rings. The van der Waals surface area contributed by atoms with E-state index in [4.69, 9.17) is 16.2 Å². The summed E-state index contributed by atoms with van der Waals surface area (Å²) in [5.41, 5.74) is 11.3. The summed E-state index contributed by atoms with van der Waals surface area (Å²) in [6.45, 7) is 3.29. The summed E-state index contributed by atoms with van der Waals surface area (Å²) >= 11 is 0. The minimum Gasteiger partial charge on any atom is -0.382 e. The SMILES string of the molecule is CCOCCC1(N)C=CC=NC1N. The molecule has 4 N–H and O–H groups in total. The second-order valence-electron chi connectivity index (χ2n) is 3.16.